The van der Waals surface area contributed by atoms with Crippen molar-refractivity contribution in [1.82, 2.24) is 5.32 Å². The minimum absolute atomic E-state index is 0.147. The molecule has 0 bridgehead atoms. The Hall–Kier alpha value is -2.77. The molecule has 0 spiro atoms. The fourth-order valence-corrected chi connectivity index (χ4v) is 3.50. The maximum absolute atomic E-state index is 12.3. The first kappa shape index (κ1) is 18.0. The monoisotopic (exact) mass is 360 g/mol. The van der Waals surface area contributed by atoms with Gasteiger partial charge in [-0.3, -0.25) is 9.69 Å². The molecular weight excluding hydrogens is 336 g/mol. The van der Waals surface area contributed by atoms with Gasteiger partial charge in [0.05, 0.1) is 18.5 Å². The van der Waals surface area contributed by atoms with Gasteiger partial charge in [-0.05, 0) is 37.6 Å². The zero-order valence-corrected chi connectivity index (χ0v) is 15.7. The SMILES string of the molecule is CON=C1N(C)c2ccc(N3CC(CNC(C)=O)OC3=O)cc2C1(C)C. The zero-order chi connectivity index (χ0) is 19.1. The summed E-state index contributed by atoms with van der Waals surface area (Å²) in [5, 5.41) is 6.85. The number of rotatable bonds is 4. The molecule has 140 valence electrons. The number of oxime groups is 1. The summed E-state index contributed by atoms with van der Waals surface area (Å²) < 4.78 is 5.35. The lowest BCUT2D eigenvalue weighted by Crippen LogP contribution is -2.34. The molecule has 8 nitrogen and oxygen atoms in total. The molecule has 0 radical (unpaired) electrons. The first-order valence-electron chi connectivity index (χ1n) is 8.48. The summed E-state index contributed by atoms with van der Waals surface area (Å²) in [7, 11) is 3.47. The summed E-state index contributed by atoms with van der Waals surface area (Å²) in [6.07, 6.45) is -0.767. The van der Waals surface area contributed by atoms with Crippen molar-refractivity contribution in [3.63, 3.8) is 0 Å². The number of fused-ring (bicyclic) bond motifs is 1. The molecule has 1 aromatic carbocycles. The topological polar surface area (TPSA) is 83.5 Å². The van der Waals surface area contributed by atoms with E-state index < -0.39 is 6.09 Å². The van der Waals surface area contributed by atoms with E-state index in [2.05, 4.69) is 24.3 Å². The number of carbonyl (C=O) groups is 2. The van der Waals surface area contributed by atoms with Gasteiger partial charge in [0.1, 0.15) is 13.2 Å². The van der Waals surface area contributed by atoms with Gasteiger partial charge in [0, 0.05) is 25.3 Å². The number of anilines is 2. The van der Waals surface area contributed by atoms with Crippen LogP contribution < -0.4 is 15.1 Å². The molecular formula is C18H24N4O4. The maximum Gasteiger partial charge on any atom is 0.414 e. The molecule has 2 aliphatic heterocycles. The maximum atomic E-state index is 12.3. The van der Waals surface area contributed by atoms with Gasteiger partial charge in [0.2, 0.25) is 5.91 Å². The third-order valence-electron chi connectivity index (χ3n) is 4.83. The van der Waals surface area contributed by atoms with Crippen LogP contribution in [0.25, 0.3) is 0 Å². The highest BCUT2D eigenvalue weighted by atomic mass is 16.6. The van der Waals surface area contributed by atoms with Crippen molar-refractivity contribution in [2.45, 2.75) is 32.3 Å². The number of amides is 2. The number of cyclic esters (lactones) is 1. The molecule has 1 unspecified atom stereocenters. The Bertz CT molecular complexity index is 774. The molecule has 2 amide bonds. The van der Waals surface area contributed by atoms with Crippen LogP contribution in [0.3, 0.4) is 0 Å². The number of carbonyl (C=O) groups excluding carboxylic acids is 2. The largest absolute Gasteiger partial charge is 0.442 e. The van der Waals surface area contributed by atoms with Crippen molar-refractivity contribution >= 4 is 29.2 Å². The van der Waals surface area contributed by atoms with E-state index in [4.69, 9.17) is 9.57 Å². The Morgan fingerprint density at radius 3 is 2.85 bits per heavy atom. The molecule has 0 aromatic heterocycles. The number of nitrogens with one attached hydrogen (secondary N) is 1. The van der Waals surface area contributed by atoms with Crippen LogP contribution in [0, 0.1) is 0 Å². The predicted octanol–water partition coefficient (Wildman–Crippen LogP) is 1.84. The lowest BCUT2D eigenvalue weighted by Gasteiger charge is -2.21. The van der Waals surface area contributed by atoms with E-state index in [1.54, 1.807) is 4.90 Å². The fraction of sp³-hybridized carbons (Fsp3) is 0.500. The molecule has 0 saturated carbocycles. The van der Waals surface area contributed by atoms with Gasteiger partial charge < -0.3 is 19.8 Å². The van der Waals surface area contributed by atoms with Gasteiger partial charge in [-0.1, -0.05) is 5.16 Å². The quantitative estimate of drug-likeness (QED) is 0.829. The van der Waals surface area contributed by atoms with E-state index in [-0.39, 0.29) is 17.4 Å². The number of nitrogens with zero attached hydrogens (tertiary/aromatic N) is 3. The molecule has 8 heteroatoms. The van der Waals surface area contributed by atoms with Crippen LogP contribution >= 0.6 is 0 Å². The van der Waals surface area contributed by atoms with Crippen LogP contribution in [-0.2, 0) is 19.8 Å². The molecule has 0 aliphatic carbocycles. The molecule has 1 atom stereocenters. The Morgan fingerprint density at radius 1 is 1.46 bits per heavy atom. The van der Waals surface area contributed by atoms with E-state index in [1.807, 2.05) is 30.1 Å². The molecule has 1 N–H and O–H groups in total. The summed E-state index contributed by atoms with van der Waals surface area (Å²) in [6.45, 7) is 6.28. The second-order valence-electron chi connectivity index (χ2n) is 7.04. The van der Waals surface area contributed by atoms with E-state index in [9.17, 15) is 9.59 Å². The molecule has 1 aromatic rings. The molecule has 26 heavy (non-hydrogen) atoms. The first-order valence-corrected chi connectivity index (χ1v) is 8.48. The number of ether oxygens (including phenoxy) is 1. The average Bonchev–Trinajstić information content (AvgIpc) is 3.04. The molecule has 2 heterocycles. The average molecular weight is 360 g/mol. The molecule has 2 aliphatic rings. The van der Waals surface area contributed by atoms with Crippen LogP contribution in [0.2, 0.25) is 0 Å². The minimum Gasteiger partial charge on any atom is -0.442 e. The molecule has 1 fully saturated rings. The van der Waals surface area contributed by atoms with Crippen molar-refractivity contribution < 1.29 is 19.2 Å². The summed E-state index contributed by atoms with van der Waals surface area (Å²) >= 11 is 0. The van der Waals surface area contributed by atoms with Gasteiger partial charge in [-0.15, -0.1) is 0 Å². The number of likely N-dealkylation sites (N-methyl/N-ethyl adjacent to an activating group) is 1. The van der Waals surface area contributed by atoms with E-state index >= 15 is 0 Å². The van der Waals surface area contributed by atoms with Crippen molar-refractivity contribution in [2.24, 2.45) is 5.16 Å². The van der Waals surface area contributed by atoms with Crippen molar-refractivity contribution in [3.8, 4) is 0 Å². The highest BCUT2D eigenvalue weighted by molar-refractivity contribution is 6.11. The van der Waals surface area contributed by atoms with Crippen molar-refractivity contribution in [1.29, 1.82) is 0 Å². The summed E-state index contributed by atoms with van der Waals surface area (Å²) in [5.41, 5.74) is 2.50. The van der Waals surface area contributed by atoms with Gasteiger partial charge in [-0.25, -0.2) is 4.79 Å². The normalized spacial score (nSPS) is 22.4. The van der Waals surface area contributed by atoms with Gasteiger partial charge >= 0.3 is 6.09 Å². The second-order valence-corrected chi connectivity index (χ2v) is 7.04. The number of amidine groups is 1. The van der Waals surface area contributed by atoms with Crippen LogP contribution in [0.15, 0.2) is 23.4 Å². The number of hydrogen-bond acceptors (Lipinski definition) is 5. The van der Waals surface area contributed by atoms with E-state index in [1.165, 1.54) is 14.0 Å². The molecule has 3 rings (SSSR count). The van der Waals surface area contributed by atoms with Crippen LogP contribution in [0.1, 0.15) is 26.3 Å². The van der Waals surface area contributed by atoms with Crippen molar-refractivity contribution in [2.75, 3.05) is 37.0 Å². The molecule has 1 saturated heterocycles. The van der Waals surface area contributed by atoms with E-state index in [0.29, 0.717) is 13.1 Å². The highest BCUT2D eigenvalue weighted by Crippen LogP contribution is 2.43. The lowest BCUT2D eigenvalue weighted by atomic mass is 9.85. The predicted molar refractivity (Wildman–Crippen MR) is 98.6 cm³/mol. The summed E-state index contributed by atoms with van der Waals surface area (Å²) in [5.74, 6) is 0.659. The van der Waals surface area contributed by atoms with Crippen LogP contribution in [0.4, 0.5) is 16.2 Å². The van der Waals surface area contributed by atoms with Gasteiger partial charge in [0.15, 0.2) is 5.84 Å². The Labute approximate surface area is 152 Å². The van der Waals surface area contributed by atoms with Gasteiger partial charge in [-0.2, -0.15) is 0 Å². The zero-order valence-electron chi connectivity index (χ0n) is 15.7. The smallest absolute Gasteiger partial charge is 0.414 e. The second kappa shape index (κ2) is 6.51. The Balaban J connectivity index is 1.87. The minimum atomic E-state index is -0.407. The Kier molecular flexibility index (Phi) is 4.52. The van der Waals surface area contributed by atoms with Crippen LogP contribution in [-0.4, -0.2) is 51.2 Å². The standard InChI is InChI=1S/C18H24N4O4/c1-11(23)19-9-13-10-22(17(24)26-13)12-6-7-15-14(8-12)18(2,3)16(20-25-5)21(15)4/h6-8,13H,9-10H2,1-5H3,(H,19,23). The third kappa shape index (κ3) is 2.95. The Morgan fingerprint density at radius 2 is 2.19 bits per heavy atom. The van der Waals surface area contributed by atoms with Gasteiger partial charge in [0.25, 0.3) is 0 Å². The van der Waals surface area contributed by atoms with Crippen LogP contribution in [0.5, 0.6) is 0 Å². The highest BCUT2D eigenvalue weighted by Gasteiger charge is 2.42. The first-order chi connectivity index (χ1) is 12.3. The lowest BCUT2D eigenvalue weighted by molar-refractivity contribution is -0.119. The summed E-state index contributed by atoms with van der Waals surface area (Å²) in [4.78, 5) is 31.9. The van der Waals surface area contributed by atoms with E-state index in [0.717, 1.165) is 22.8 Å². The fourth-order valence-electron chi connectivity index (χ4n) is 3.50. The number of benzene rings is 1. The third-order valence-corrected chi connectivity index (χ3v) is 4.83. The van der Waals surface area contributed by atoms with Crippen molar-refractivity contribution in [3.05, 3.63) is 23.8 Å². The number of hydrogen-bond donors (Lipinski definition) is 1. The summed E-state index contributed by atoms with van der Waals surface area (Å²) in [6, 6.07) is 5.86.